The predicted molar refractivity (Wildman–Crippen MR) is 177 cm³/mol. The smallest absolute Gasteiger partial charge is 0.303 e. The van der Waals surface area contributed by atoms with Gasteiger partial charge >= 0.3 is 5.97 Å². The molecule has 0 atom stereocenters. The Kier molecular flexibility index (Phi) is 9.30. The summed E-state index contributed by atoms with van der Waals surface area (Å²) in [6, 6.07) is 20.3. The molecule has 0 saturated heterocycles. The Bertz CT molecular complexity index is 1760. The highest BCUT2D eigenvalue weighted by Gasteiger charge is 2.26. The standard InChI is InChI=1S/C36H39N3O4S/c1-23-19-30-33(24(2)34(23)43-22-28-9-7-8-18-37-28)35(44-36(3,4)5)29(15-17-32(40)41)39(30)21-25-10-12-26(13-11-25)27-14-16-31(42-6)38-20-27/h7-14,16,18-20H,15,17,21-22H2,1-6H3,(H,40,41). The van der Waals surface area contributed by atoms with Crippen molar-refractivity contribution >= 4 is 28.6 Å². The number of nitrogens with zero attached hydrogens (tertiary/aromatic N) is 3. The van der Waals surface area contributed by atoms with Crippen LogP contribution in [0.15, 0.2) is 78.0 Å². The van der Waals surface area contributed by atoms with Crippen molar-refractivity contribution in [3.05, 3.63) is 101 Å². The molecule has 0 aliphatic heterocycles. The topological polar surface area (TPSA) is 86.5 Å². The van der Waals surface area contributed by atoms with E-state index in [1.165, 1.54) is 0 Å². The minimum Gasteiger partial charge on any atom is -0.487 e. The third kappa shape index (κ3) is 7.08. The number of aryl methyl sites for hydroxylation is 2. The summed E-state index contributed by atoms with van der Waals surface area (Å²) in [5.74, 6) is 0.620. The monoisotopic (exact) mass is 609 g/mol. The number of hydrogen-bond donors (Lipinski definition) is 1. The average molecular weight is 610 g/mol. The lowest BCUT2D eigenvalue weighted by molar-refractivity contribution is -0.137. The molecule has 1 N–H and O–H groups in total. The first-order chi connectivity index (χ1) is 21.0. The van der Waals surface area contributed by atoms with Gasteiger partial charge in [0.1, 0.15) is 12.4 Å². The van der Waals surface area contributed by atoms with Gasteiger partial charge in [0.2, 0.25) is 5.88 Å². The Labute approximate surface area is 263 Å². The molecule has 0 spiro atoms. The van der Waals surface area contributed by atoms with E-state index in [9.17, 15) is 9.90 Å². The van der Waals surface area contributed by atoms with Crippen LogP contribution >= 0.6 is 11.8 Å². The Morgan fingerprint density at radius 1 is 1.00 bits per heavy atom. The lowest BCUT2D eigenvalue weighted by Crippen LogP contribution is -2.10. The zero-order valence-electron chi connectivity index (χ0n) is 26.2. The molecular weight excluding hydrogens is 570 g/mol. The first-order valence-electron chi connectivity index (χ1n) is 14.7. The highest BCUT2D eigenvalue weighted by atomic mass is 32.2. The molecule has 0 aliphatic carbocycles. The van der Waals surface area contributed by atoms with Crippen LogP contribution in [0.2, 0.25) is 0 Å². The molecule has 0 aliphatic rings. The van der Waals surface area contributed by atoms with Gasteiger partial charge in [0.05, 0.1) is 24.7 Å². The number of rotatable bonds is 11. The van der Waals surface area contributed by atoms with Gasteiger partial charge in [-0.05, 0) is 61.2 Å². The van der Waals surface area contributed by atoms with Crippen LogP contribution in [0.1, 0.15) is 55.3 Å². The number of aliphatic carboxylic acids is 1. The highest BCUT2D eigenvalue weighted by Crippen LogP contribution is 2.46. The lowest BCUT2D eigenvalue weighted by Gasteiger charge is -2.20. The highest BCUT2D eigenvalue weighted by molar-refractivity contribution is 8.00. The van der Waals surface area contributed by atoms with Gasteiger partial charge in [0.15, 0.2) is 0 Å². The Morgan fingerprint density at radius 2 is 1.75 bits per heavy atom. The van der Waals surface area contributed by atoms with Gasteiger partial charge < -0.3 is 19.1 Å². The van der Waals surface area contributed by atoms with Crippen LogP contribution in [0.25, 0.3) is 22.0 Å². The number of hydrogen-bond acceptors (Lipinski definition) is 6. The van der Waals surface area contributed by atoms with Gasteiger partial charge in [-0.2, -0.15) is 0 Å². The number of pyridine rings is 2. The second kappa shape index (κ2) is 13.1. The van der Waals surface area contributed by atoms with E-state index in [1.54, 1.807) is 25.1 Å². The lowest BCUT2D eigenvalue weighted by atomic mass is 10.0. The molecule has 0 fully saturated rings. The van der Waals surface area contributed by atoms with E-state index >= 15 is 0 Å². The number of ether oxygens (including phenoxy) is 2. The number of carboxylic acids is 1. The molecule has 2 aromatic carbocycles. The second-order valence-corrected chi connectivity index (χ2v) is 13.7. The molecule has 0 radical (unpaired) electrons. The van der Waals surface area contributed by atoms with Crippen LogP contribution in [0.3, 0.4) is 0 Å². The van der Waals surface area contributed by atoms with E-state index < -0.39 is 5.97 Å². The van der Waals surface area contributed by atoms with Crippen molar-refractivity contribution in [3.8, 4) is 22.8 Å². The minimum absolute atomic E-state index is 0.0541. The summed E-state index contributed by atoms with van der Waals surface area (Å²) in [5, 5.41) is 10.8. The summed E-state index contributed by atoms with van der Waals surface area (Å²) in [7, 11) is 1.61. The molecule has 0 amide bonds. The van der Waals surface area contributed by atoms with Gasteiger partial charge in [0, 0.05) is 56.9 Å². The number of fused-ring (bicyclic) bond motifs is 1. The van der Waals surface area contributed by atoms with Gasteiger partial charge in [-0.1, -0.05) is 51.1 Å². The second-order valence-electron chi connectivity index (χ2n) is 11.9. The summed E-state index contributed by atoms with van der Waals surface area (Å²) in [6.07, 6.45) is 4.07. The SMILES string of the molecule is COc1ccc(-c2ccc(Cn3c(CCC(=O)O)c(SC(C)(C)C)c4c(C)c(OCc5ccccn5)c(C)cc43)cc2)cn1. The summed E-state index contributed by atoms with van der Waals surface area (Å²) in [5.41, 5.74) is 8.28. The van der Waals surface area contributed by atoms with E-state index in [4.69, 9.17) is 9.47 Å². The van der Waals surface area contributed by atoms with E-state index in [2.05, 4.69) is 79.5 Å². The quantitative estimate of drug-likeness (QED) is 0.151. The molecule has 0 bridgehead atoms. The largest absolute Gasteiger partial charge is 0.487 e. The first-order valence-corrected chi connectivity index (χ1v) is 15.5. The van der Waals surface area contributed by atoms with E-state index in [0.717, 1.165) is 60.8 Å². The molecule has 3 heterocycles. The number of methoxy groups -OCH3 is 1. The predicted octanol–water partition coefficient (Wildman–Crippen LogP) is 8.26. The van der Waals surface area contributed by atoms with Gasteiger partial charge in [0.25, 0.3) is 0 Å². The molecule has 228 valence electrons. The zero-order chi connectivity index (χ0) is 31.4. The molecule has 5 aromatic rings. The molecule has 44 heavy (non-hydrogen) atoms. The van der Waals surface area contributed by atoms with Crippen molar-refractivity contribution < 1.29 is 19.4 Å². The maximum atomic E-state index is 11.8. The number of thioether (sulfide) groups is 1. The van der Waals surface area contributed by atoms with Crippen molar-refractivity contribution in [3.63, 3.8) is 0 Å². The number of aromatic nitrogens is 3. The van der Waals surface area contributed by atoms with E-state index in [-0.39, 0.29) is 11.2 Å². The summed E-state index contributed by atoms with van der Waals surface area (Å²) in [6.45, 7) is 11.7. The first kappa shape index (κ1) is 31.1. The summed E-state index contributed by atoms with van der Waals surface area (Å²) < 4.78 is 13.8. The molecule has 8 heteroatoms. The van der Waals surface area contributed by atoms with Gasteiger partial charge in [-0.3, -0.25) is 9.78 Å². The third-order valence-electron chi connectivity index (χ3n) is 7.44. The number of carboxylic acid groups (broad SMARTS) is 1. The molecule has 3 aromatic heterocycles. The zero-order valence-corrected chi connectivity index (χ0v) is 27.0. The van der Waals surface area contributed by atoms with Crippen LogP contribution in [0, 0.1) is 13.8 Å². The van der Waals surface area contributed by atoms with Crippen molar-refractivity contribution in [1.29, 1.82) is 0 Å². The Hall–Kier alpha value is -4.30. The van der Waals surface area contributed by atoms with Crippen LogP contribution in [-0.2, 0) is 24.4 Å². The normalized spacial score (nSPS) is 11.6. The van der Waals surface area contributed by atoms with Gasteiger partial charge in [-0.25, -0.2) is 4.98 Å². The fraction of sp³-hybridized carbons (Fsp3) is 0.306. The van der Waals surface area contributed by atoms with Gasteiger partial charge in [-0.15, -0.1) is 11.8 Å². The van der Waals surface area contributed by atoms with E-state index in [1.807, 2.05) is 36.5 Å². The van der Waals surface area contributed by atoms with Crippen molar-refractivity contribution in [1.82, 2.24) is 14.5 Å². The number of benzene rings is 2. The maximum absolute atomic E-state index is 11.8. The van der Waals surface area contributed by atoms with Crippen molar-refractivity contribution in [2.24, 2.45) is 0 Å². The van der Waals surface area contributed by atoms with Crippen LogP contribution in [0.5, 0.6) is 11.6 Å². The van der Waals surface area contributed by atoms with Crippen molar-refractivity contribution in [2.75, 3.05) is 7.11 Å². The Morgan fingerprint density at radius 3 is 2.36 bits per heavy atom. The fourth-order valence-electron chi connectivity index (χ4n) is 5.44. The van der Waals surface area contributed by atoms with E-state index in [0.29, 0.717) is 25.5 Å². The molecule has 0 unspecified atom stereocenters. The maximum Gasteiger partial charge on any atom is 0.303 e. The summed E-state index contributed by atoms with van der Waals surface area (Å²) in [4.78, 5) is 21.7. The molecule has 0 saturated carbocycles. The summed E-state index contributed by atoms with van der Waals surface area (Å²) >= 11 is 1.79. The Balaban J connectivity index is 1.60. The molecule has 7 nitrogen and oxygen atoms in total. The van der Waals surface area contributed by atoms with Crippen LogP contribution in [0.4, 0.5) is 0 Å². The molecular formula is C36H39N3O4S. The van der Waals surface area contributed by atoms with Crippen LogP contribution in [-0.4, -0.2) is 37.5 Å². The fourth-order valence-corrected chi connectivity index (χ4v) is 6.74. The molecule has 5 rings (SSSR count). The van der Waals surface area contributed by atoms with Crippen LogP contribution < -0.4 is 9.47 Å². The van der Waals surface area contributed by atoms with Crippen molar-refractivity contribution in [2.45, 2.75) is 70.3 Å². The minimum atomic E-state index is -0.807. The number of carbonyl (C=O) groups is 1. The third-order valence-corrected chi connectivity index (χ3v) is 8.69. The average Bonchev–Trinajstić information content (AvgIpc) is 3.26.